The van der Waals surface area contributed by atoms with Crippen LogP contribution in [-0.2, 0) is 13.1 Å². The van der Waals surface area contributed by atoms with E-state index in [1.165, 1.54) is 30.7 Å². The van der Waals surface area contributed by atoms with Gasteiger partial charge < -0.3 is 10.2 Å². The largest absolute Gasteiger partial charge is 0.357 e. The summed E-state index contributed by atoms with van der Waals surface area (Å²) in [6, 6.07) is 6.67. The van der Waals surface area contributed by atoms with Crippen LogP contribution in [0.5, 0.6) is 0 Å². The number of thiazole rings is 1. The Morgan fingerprint density at radius 2 is 2.03 bits per heavy atom. The third-order valence-electron chi connectivity index (χ3n) is 5.29. The zero-order chi connectivity index (χ0) is 20.6. The molecule has 0 bridgehead atoms. The van der Waals surface area contributed by atoms with Gasteiger partial charge in [0, 0.05) is 38.6 Å². The molecule has 1 fully saturated rings. The first kappa shape index (κ1) is 21.7. The van der Waals surface area contributed by atoms with E-state index in [1.54, 1.807) is 11.3 Å². The van der Waals surface area contributed by atoms with Crippen molar-refractivity contribution < 1.29 is 4.39 Å². The average Bonchev–Trinajstić information content (AvgIpc) is 3.12. The van der Waals surface area contributed by atoms with Gasteiger partial charge in [0.05, 0.1) is 10.7 Å². The van der Waals surface area contributed by atoms with E-state index in [9.17, 15) is 4.39 Å². The highest BCUT2D eigenvalue weighted by Gasteiger charge is 2.20. The molecule has 0 saturated carbocycles. The van der Waals surface area contributed by atoms with Gasteiger partial charge in [0.2, 0.25) is 0 Å². The predicted molar refractivity (Wildman–Crippen MR) is 119 cm³/mol. The molecule has 0 radical (unpaired) electrons. The molecule has 1 saturated heterocycles. The van der Waals surface area contributed by atoms with Crippen molar-refractivity contribution in [3.63, 3.8) is 0 Å². The number of likely N-dealkylation sites (tertiary alicyclic amines) is 1. The van der Waals surface area contributed by atoms with E-state index in [1.807, 2.05) is 19.2 Å². The number of halogens is 1. The number of aryl methyl sites for hydroxylation is 1. The van der Waals surface area contributed by atoms with Crippen molar-refractivity contribution in [1.29, 1.82) is 0 Å². The van der Waals surface area contributed by atoms with Gasteiger partial charge in [-0.3, -0.25) is 9.89 Å². The molecule has 7 heteroatoms. The van der Waals surface area contributed by atoms with E-state index in [4.69, 9.17) is 4.99 Å². The van der Waals surface area contributed by atoms with Gasteiger partial charge in [0.25, 0.3) is 0 Å². The second-order valence-electron chi connectivity index (χ2n) is 7.75. The average molecular weight is 418 g/mol. The van der Waals surface area contributed by atoms with E-state index < -0.39 is 0 Å². The van der Waals surface area contributed by atoms with Crippen molar-refractivity contribution in [2.24, 2.45) is 10.9 Å². The van der Waals surface area contributed by atoms with E-state index in [-0.39, 0.29) is 5.82 Å². The van der Waals surface area contributed by atoms with Crippen LogP contribution in [0.3, 0.4) is 0 Å². The molecule has 1 aliphatic heterocycles. The second kappa shape index (κ2) is 10.7. The van der Waals surface area contributed by atoms with Crippen LogP contribution in [0.15, 0.2) is 34.6 Å². The Balaban J connectivity index is 1.49. The molecule has 0 spiro atoms. The highest BCUT2D eigenvalue weighted by atomic mass is 32.1. The van der Waals surface area contributed by atoms with Crippen LogP contribution in [0.2, 0.25) is 0 Å². The minimum absolute atomic E-state index is 0.201. The second-order valence-corrected chi connectivity index (χ2v) is 8.82. The number of nitrogens with zero attached hydrogens (tertiary/aromatic N) is 4. The molecule has 5 nitrogen and oxygen atoms in total. The van der Waals surface area contributed by atoms with Crippen LogP contribution in [0.25, 0.3) is 0 Å². The van der Waals surface area contributed by atoms with Gasteiger partial charge >= 0.3 is 0 Å². The molecule has 3 rings (SSSR count). The molecule has 1 aliphatic rings. The highest BCUT2D eigenvalue weighted by molar-refractivity contribution is 7.09. The fourth-order valence-electron chi connectivity index (χ4n) is 3.66. The van der Waals surface area contributed by atoms with Crippen LogP contribution >= 0.6 is 11.3 Å². The highest BCUT2D eigenvalue weighted by Crippen LogP contribution is 2.20. The number of rotatable bonds is 7. The van der Waals surface area contributed by atoms with Crippen LogP contribution < -0.4 is 5.32 Å². The Kier molecular flexibility index (Phi) is 8.00. The van der Waals surface area contributed by atoms with E-state index >= 15 is 0 Å². The third-order valence-corrected chi connectivity index (χ3v) is 6.11. The normalized spacial score (nSPS) is 16.2. The lowest BCUT2D eigenvalue weighted by Gasteiger charge is -2.31. The maximum atomic E-state index is 13.1. The first-order valence-electron chi connectivity index (χ1n) is 10.4. The topological polar surface area (TPSA) is 43.8 Å². The fraction of sp³-hybridized carbons (Fsp3) is 0.545. The molecule has 1 aromatic carbocycles. The summed E-state index contributed by atoms with van der Waals surface area (Å²) >= 11 is 1.73. The van der Waals surface area contributed by atoms with E-state index in [0.717, 1.165) is 49.3 Å². The summed E-state index contributed by atoms with van der Waals surface area (Å²) in [7, 11) is 2.03. The molecule has 1 N–H and O–H groups in total. The molecule has 0 atom stereocenters. The molecule has 0 aliphatic carbocycles. The molecule has 0 unspecified atom stereocenters. The molecule has 158 valence electrons. The van der Waals surface area contributed by atoms with Gasteiger partial charge in [-0.15, -0.1) is 11.3 Å². The number of benzene rings is 1. The van der Waals surface area contributed by atoms with Crippen molar-refractivity contribution in [3.8, 4) is 0 Å². The van der Waals surface area contributed by atoms with Crippen molar-refractivity contribution in [2.45, 2.75) is 39.8 Å². The van der Waals surface area contributed by atoms with Crippen molar-refractivity contribution in [3.05, 3.63) is 51.7 Å². The number of aliphatic imine (C=N–C) groups is 1. The number of nitrogens with one attached hydrogen (secondary N) is 1. The number of aromatic nitrogens is 1. The summed E-state index contributed by atoms with van der Waals surface area (Å²) < 4.78 is 13.1. The maximum absolute atomic E-state index is 13.1. The maximum Gasteiger partial charge on any atom is 0.193 e. The van der Waals surface area contributed by atoms with E-state index in [2.05, 4.69) is 39.3 Å². The van der Waals surface area contributed by atoms with Crippen molar-refractivity contribution >= 4 is 17.3 Å². The summed E-state index contributed by atoms with van der Waals surface area (Å²) in [5.41, 5.74) is 2.27. The van der Waals surface area contributed by atoms with Crippen molar-refractivity contribution in [2.75, 3.05) is 33.2 Å². The summed E-state index contributed by atoms with van der Waals surface area (Å²) in [5, 5.41) is 6.70. The number of hydrogen-bond acceptors (Lipinski definition) is 4. The lowest BCUT2D eigenvalue weighted by atomic mass is 9.97. The third kappa shape index (κ3) is 6.78. The first-order valence-corrected chi connectivity index (χ1v) is 11.3. The number of guanidine groups is 1. The smallest absolute Gasteiger partial charge is 0.193 e. The Hall–Kier alpha value is -1.99. The summed E-state index contributed by atoms with van der Waals surface area (Å²) in [6.07, 6.45) is 2.35. The Morgan fingerprint density at radius 1 is 1.31 bits per heavy atom. The molecule has 1 aromatic heterocycles. The van der Waals surface area contributed by atoms with Gasteiger partial charge in [0.1, 0.15) is 5.82 Å². The summed E-state index contributed by atoms with van der Waals surface area (Å²) in [4.78, 5) is 14.1. The van der Waals surface area contributed by atoms with Crippen molar-refractivity contribution in [1.82, 2.24) is 20.1 Å². The fourth-order valence-corrected chi connectivity index (χ4v) is 4.26. The lowest BCUT2D eigenvalue weighted by Crippen LogP contribution is -2.39. The van der Waals surface area contributed by atoms with Gasteiger partial charge in [-0.1, -0.05) is 12.1 Å². The molecule has 29 heavy (non-hydrogen) atoms. The standard InChI is InChI=1S/C22H32FN5S/c1-4-24-22(27(3)14-19-5-7-20(23)8-6-19)25-13-18-9-11-28(12-10-18)15-21-16-29-17(2)26-21/h5-8,16,18H,4,9-15H2,1-3H3,(H,24,25). The summed E-state index contributed by atoms with van der Waals surface area (Å²) in [5.74, 6) is 1.33. The molecule has 0 amide bonds. The number of piperidine rings is 1. The van der Waals surface area contributed by atoms with Gasteiger partial charge in [0.15, 0.2) is 5.96 Å². The Labute approximate surface area is 177 Å². The molecule has 2 heterocycles. The minimum Gasteiger partial charge on any atom is -0.357 e. The predicted octanol–water partition coefficient (Wildman–Crippen LogP) is 3.90. The summed E-state index contributed by atoms with van der Waals surface area (Å²) in [6.45, 7) is 9.71. The minimum atomic E-state index is -0.201. The van der Waals surface area contributed by atoms with Crippen LogP contribution in [0.4, 0.5) is 4.39 Å². The SMILES string of the molecule is CCNC(=NCC1CCN(Cc2csc(C)n2)CC1)N(C)Cc1ccc(F)cc1. The lowest BCUT2D eigenvalue weighted by molar-refractivity contribution is 0.179. The Bertz CT molecular complexity index is 781. The molecular formula is C22H32FN5S. The van der Waals surface area contributed by atoms with E-state index in [0.29, 0.717) is 12.5 Å². The first-order chi connectivity index (χ1) is 14.0. The zero-order valence-electron chi connectivity index (χ0n) is 17.7. The quantitative estimate of drug-likeness (QED) is 0.548. The zero-order valence-corrected chi connectivity index (χ0v) is 18.5. The van der Waals surface area contributed by atoms with Crippen LogP contribution in [0.1, 0.15) is 36.0 Å². The monoisotopic (exact) mass is 417 g/mol. The number of hydrogen-bond donors (Lipinski definition) is 1. The van der Waals surface area contributed by atoms with Gasteiger partial charge in [-0.2, -0.15) is 0 Å². The van der Waals surface area contributed by atoms with Gasteiger partial charge in [-0.05, 0) is 63.4 Å². The van der Waals surface area contributed by atoms with Gasteiger partial charge in [-0.25, -0.2) is 9.37 Å². The van der Waals surface area contributed by atoms with Crippen LogP contribution in [0, 0.1) is 18.7 Å². The molecular weight excluding hydrogens is 385 g/mol. The molecule has 2 aromatic rings. The Morgan fingerprint density at radius 3 is 2.66 bits per heavy atom. The van der Waals surface area contributed by atoms with Crippen LogP contribution in [-0.4, -0.2) is 54.0 Å².